The quantitative estimate of drug-likeness (QED) is 0.389. The van der Waals surface area contributed by atoms with Gasteiger partial charge < -0.3 is 20.7 Å². The van der Waals surface area contributed by atoms with Gasteiger partial charge in [-0.2, -0.15) is 15.3 Å². The van der Waals surface area contributed by atoms with E-state index in [0.717, 1.165) is 64.5 Å². The van der Waals surface area contributed by atoms with Crippen LogP contribution in [0.1, 0.15) is 49.1 Å². The molecule has 4 atom stereocenters. The minimum atomic E-state index is 0.328. The predicted molar refractivity (Wildman–Crippen MR) is 130 cm³/mol. The maximum atomic E-state index is 8.92. The van der Waals surface area contributed by atoms with E-state index in [0.29, 0.717) is 43.0 Å². The van der Waals surface area contributed by atoms with Gasteiger partial charge in [0.25, 0.3) is 0 Å². The summed E-state index contributed by atoms with van der Waals surface area (Å²) in [6.45, 7) is 2.52. The topological polar surface area (TPSA) is 124 Å². The van der Waals surface area contributed by atoms with E-state index in [1.807, 2.05) is 13.0 Å². The minimum absolute atomic E-state index is 0.328. The third kappa shape index (κ3) is 5.11. The number of thiophene rings is 1. The number of nitrogens with one attached hydrogen (secondary N) is 4. The van der Waals surface area contributed by atoms with Gasteiger partial charge in [0, 0.05) is 48.3 Å². The SMILES string of the molecule is COCc1cc2c(Nc3cc(C)[nH]n3)nc(NC3C[C@H]4CC(CCC#N)C[C@@H](C3)N4)nc2s1. The number of aromatic nitrogens is 4. The van der Waals surface area contributed by atoms with Crippen molar-refractivity contribution in [2.75, 3.05) is 17.7 Å². The smallest absolute Gasteiger partial charge is 0.226 e. The minimum Gasteiger partial charge on any atom is -0.379 e. The molecule has 0 spiro atoms. The summed E-state index contributed by atoms with van der Waals surface area (Å²) in [5.74, 6) is 2.79. The van der Waals surface area contributed by atoms with E-state index in [2.05, 4.69) is 38.3 Å². The van der Waals surface area contributed by atoms with Crippen LogP contribution < -0.4 is 16.0 Å². The normalized spacial score (nSPS) is 24.5. The monoisotopic (exact) mass is 466 g/mol. The fraction of sp³-hybridized carbons (Fsp3) is 0.565. The number of fused-ring (bicyclic) bond motifs is 3. The van der Waals surface area contributed by atoms with E-state index in [1.54, 1.807) is 18.4 Å². The van der Waals surface area contributed by atoms with Crippen LogP contribution in [0.2, 0.25) is 0 Å². The lowest BCUT2D eigenvalue weighted by Gasteiger charge is -2.43. The Kier molecular flexibility index (Phi) is 6.44. The second-order valence-corrected chi connectivity index (χ2v) is 10.3. The van der Waals surface area contributed by atoms with Crippen LogP contribution in [-0.2, 0) is 11.3 Å². The number of piperidine rings is 2. The highest BCUT2D eigenvalue weighted by molar-refractivity contribution is 7.18. The van der Waals surface area contributed by atoms with Crippen LogP contribution in [0.25, 0.3) is 10.2 Å². The first kappa shape index (κ1) is 22.1. The van der Waals surface area contributed by atoms with Crippen LogP contribution in [-0.4, -0.2) is 45.4 Å². The molecule has 5 rings (SSSR count). The molecule has 0 amide bonds. The van der Waals surface area contributed by atoms with Crippen molar-refractivity contribution < 1.29 is 4.74 Å². The zero-order valence-electron chi connectivity index (χ0n) is 19.0. The highest BCUT2D eigenvalue weighted by atomic mass is 32.1. The van der Waals surface area contributed by atoms with Gasteiger partial charge in [0.05, 0.1) is 18.1 Å². The number of aromatic amines is 1. The van der Waals surface area contributed by atoms with Gasteiger partial charge in [-0.3, -0.25) is 5.10 Å². The molecule has 0 aromatic carbocycles. The van der Waals surface area contributed by atoms with Crippen molar-refractivity contribution in [1.29, 1.82) is 5.26 Å². The molecule has 3 aromatic heterocycles. The molecule has 9 nitrogen and oxygen atoms in total. The Labute approximate surface area is 197 Å². The molecule has 2 unspecified atom stereocenters. The lowest BCUT2D eigenvalue weighted by Crippen LogP contribution is -2.54. The molecule has 33 heavy (non-hydrogen) atoms. The largest absolute Gasteiger partial charge is 0.379 e. The van der Waals surface area contributed by atoms with E-state index in [9.17, 15) is 0 Å². The van der Waals surface area contributed by atoms with Crippen molar-refractivity contribution in [3.05, 3.63) is 22.7 Å². The maximum Gasteiger partial charge on any atom is 0.226 e. The Hall–Kier alpha value is -2.74. The molecular formula is C23H30N8OS. The predicted octanol–water partition coefficient (Wildman–Crippen LogP) is 4.23. The molecule has 4 N–H and O–H groups in total. The average molecular weight is 467 g/mol. The van der Waals surface area contributed by atoms with Gasteiger partial charge in [-0.05, 0) is 51.0 Å². The summed E-state index contributed by atoms with van der Waals surface area (Å²) < 4.78 is 5.33. The molecule has 5 heterocycles. The number of hydrogen-bond acceptors (Lipinski definition) is 9. The third-order valence-corrected chi connectivity index (χ3v) is 7.53. The Morgan fingerprint density at radius 1 is 1.21 bits per heavy atom. The van der Waals surface area contributed by atoms with E-state index >= 15 is 0 Å². The first-order valence-corrected chi connectivity index (χ1v) is 12.4. The zero-order valence-corrected chi connectivity index (χ0v) is 19.8. The van der Waals surface area contributed by atoms with Crippen molar-refractivity contribution in [1.82, 2.24) is 25.5 Å². The van der Waals surface area contributed by atoms with E-state index in [-0.39, 0.29) is 0 Å². The lowest BCUT2D eigenvalue weighted by atomic mass is 9.77. The zero-order chi connectivity index (χ0) is 22.8. The molecular weight excluding hydrogens is 436 g/mol. The Morgan fingerprint density at radius 3 is 2.73 bits per heavy atom. The molecule has 2 saturated heterocycles. The number of anilines is 3. The summed E-state index contributed by atoms with van der Waals surface area (Å²) in [4.78, 5) is 11.7. The number of ether oxygens (including phenoxy) is 1. The lowest BCUT2D eigenvalue weighted by molar-refractivity contribution is 0.171. The number of H-pyrrole nitrogens is 1. The third-order valence-electron chi connectivity index (χ3n) is 6.53. The van der Waals surface area contributed by atoms with E-state index in [1.165, 1.54) is 0 Å². The highest BCUT2D eigenvalue weighted by Gasteiger charge is 2.35. The molecule has 2 bridgehead atoms. The van der Waals surface area contributed by atoms with E-state index < -0.39 is 0 Å². The van der Waals surface area contributed by atoms with Gasteiger partial charge in [0.1, 0.15) is 10.6 Å². The van der Waals surface area contributed by atoms with Crippen molar-refractivity contribution in [3.63, 3.8) is 0 Å². The van der Waals surface area contributed by atoms with Crippen LogP contribution >= 0.6 is 11.3 Å². The number of rotatable bonds is 8. The Balaban J connectivity index is 1.35. The standard InChI is InChI=1S/C23H30N8OS/c1-13-6-20(31-30-13)27-21-19-11-18(12-32-2)33-22(19)29-23(28-21)26-17-9-15-7-14(4-3-5-24)8-16(10-17)25-15/h6,11,14-17,25H,3-4,7-10,12H2,1-2H3,(H3,26,27,28,29,30,31)/t14?,15-,16+,17?. The summed E-state index contributed by atoms with van der Waals surface area (Å²) in [6.07, 6.45) is 6.06. The van der Waals surface area contributed by atoms with Crippen molar-refractivity contribution in [2.45, 2.75) is 70.2 Å². The molecule has 10 heteroatoms. The van der Waals surface area contributed by atoms with Gasteiger partial charge in [-0.15, -0.1) is 11.3 Å². The molecule has 0 saturated carbocycles. The van der Waals surface area contributed by atoms with Crippen LogP contribution in [0.15, 0.2) is 12.1 Å². The van der Waals surface area contributed by atoms with Crippen LogP contribution in [0.3, 0.4) is 0 Å². The van der Waals surface area contributed by atoms with Crippen LogP contribution in [0.4, 0.5) is 17.6 Å². The molecule has 0 aliphatic carbocycles. The highest BCUT2D eigenvalue weighted by Crippen LogP contribution is 2.35. The summed E-state index contributed by atoms with van der Waals surface area (Å²) in [7, 11) is 1.70. The van der Waals surface area contributed by atoms with Gasteiger partial charge in [0.15, 0.2) is 5.82 Å². The van der Waals surface area contributed by atoms with Crippen molar-refractivity contribution in [2.24, 2.45) is 5.92 Å². The van der Waals surface area contributed by atoms with Crippen LogP contribution in [0.5, 0.6) is 0 Å². The van der Waals surface area contributed by atoms with Gasteiger partial charge >= 0.3 is 0 Å². The van der Waals surface area contributed by atoms with Crippen molar-refractivity contribution in [3.8, 4) is 6.07 Å². The Bertz CT molecular complexity index is 1140. The molecule has 2 fully saturated rings. The number of nitriles is 1. The van der Waals surface area contributed by atoms with Gasteiger partial charge in [-0.25, -0.2) is 4.98 Å². The first-order valence-electron chi connectivity index (χ1n) is 11.6. The van der Waals surface area contributed by atoms with Crippen LogP contribution in [0, 0.1) is 24.2 Å². The molecule has 0 radical (unpaired) electrons. The summed E-state index contributed by atoms with van der Waals surface area (Å²) in [6, 6.07) is 7.65. The number of hydrogen-bond donors (Lipinski definition) is 4. The second-order valence-electron chi connectivity index (χ2n) is 9.23. The summed E-state index contributed by atoms with van der Waals surface area (Å²) in [5, 5.41) is 27.9. The summed E-state index contributed by atoms with van der Waals surface area (Å²) in [5.41, 5.74) is 0.987. The number of nitrogens with zero attached hydrogens (tertiary/aromatic N) is 4. The van der Waals surface area contributed by atoms with Gasteiger partial charge in [0.2, 0.25) is 5.95 Å². The fourth-order valence-electron chi connectivity index (χ4n) is 5.23. The number of methoxy groups -OCH3 is 1. The molecule has 2 aliphatic rings. The second kappa shape index (κ2) is 9.63. The average Bonchev–Trinajstić information content (AvgIpc) is 3.37. The summed E-state index contributed by atoms with van der Waals surface area (Å²) >= 11 is 1.63. The number of aryl methyl sites for hydroxylation is 1. The van der Waals surface area contributed by atoms with Crippen molar-refractivity contribution >= 4 is 39.1 Å². The maximum absolute atomic E-state index is 8.92. The molecule has 174 valence electrons. The first-order chi connectivity index (χ1) is 16.1. The fourth-order valence-corrected chi connectivity index (χ4v) is 6.23. The molecule has 3 aromatic rings. The van der Waals surface area contributed by atoms with Gasteiger partial charge in [-0.1, -0.05) is 0 Å². The Morgan fingerprint density at radius 2 is 2.03 bits per heavy atom. The molecule has 2 aliphatic heterocycles. The van der Waals surface area contributed by atoms with E-state index in [4.69, 9.17) is 20.0 Å².